The molecular formula is C12H20BrNO3. The van der Waals surface area contributed by atoms with Crippen molar-refractivity contribution in [2.24, 2.45) is 0 Å². The molecule has 1 saturated heterocycles. The maximum atomic E-state index is 11.5. The largest absolute Gasteiger partial charge is 0.450 e. The highest BCUT2D eigenvalue weighted by atomic mass is 79.9. The Morgan fingerprint density at radius 1 is 1.53 bits per heavy atom. The Morgan fingerprint density at radius 3 is 2.59 bits per heavy atom. The molecule has 0 saturated carbocycles. The minimum atomic E-state index is -0.714. The summed E-state index contributed by atoms with van der Waals surface area (Å²) in [6, 6.07) is 0. The van der Waals surface area contributed by atoms with Gasteiger partial charge in [-0.3, -0.25) is 0 Å². The van der Waals surface area contributed by atoms with Gasteiger partial charge in [-0.25, -0.2) is 4.79 Å². The van der Waals surface area contributed by atoms with Crippen LogP contribution in [0.15, 0.2) is 12.2 Å². The topological polar surface area (TPSA) is 49.8 Å². The van der Waals surface area contributed by atoms with Gasteiger partial charge in [0, 0.05) is 18.4 Å². The highest BCUT2D eigenvalue weighted by Gasteiger charge is 2.34. The molecular weight excluding hydrogens is 286 g/mol. The average molecular weight is 306 g/mol. The van der Waals surface area contributed by atoms with Crippen LogP contribution in [0.1, 0.15) is 26.2 Å². The number of hydrogen-bond acceptors (Lipinski definition) is 3. The number of carbonyl (C=O) groups is 1. The van der Waals surface area contributed by atoms with Crippen LogP contribution in [0.4, 0.5) is 4.79 Å². The Morgan fingerprint density at radius 2 is 2.12 bits per heavy atom. The normalized spacial score (nSPS) is 18.9. The van der Waals surface area contributed by atoms with Gasteiger partial charge in [0.05, 0.1) is 12.2 Å². The molecule has 1 heterocycles. The molecule has 1 amide bonds. The predicted octanol–water partition coefficient (Wildman–Crippen LogP) is 2.31. The molecule has 0 spiro atoms. The fourth-order valence-electron chi connectivity index (χ4n) is 2.01. The Kier molecular flexibility index (Phi) is 5.46. The van der Waals surface area contributed by atoms with E-state index in [1.165, 1.54) is 0 Å². The van der Waals surface area contributed by atoms with Gasteiger partial charge in [0.25, 0.3) is 0 Å². The van der Waals surface area contributed by atoms with Crippen molar-refractivity contribution in [3.63, 3.8) is 0 Å². The van der Waals surface area contributed by atoms with Crippen molar-refractivity contribution in [1.82, 2.24) is 4.90 Å². The third-order valence-electron chi connectivity index (χ3n) is 2.99. The summed E-state index contributed by atoms with van der Waals surface area (Å²) in [5, 5.41) is 11.0. The third-order valence-corrected chi connectivity index (χ3v) is 3.78. The number of aliphatic hydroxyl groups is 1. The fourth-order valence-corrected chi connectivity index (χ4v) is 2.21. The molecule has 0 aliphatic carbocycles. The Bertz CT molecular complexity index is 285. The number of ether oxygens (including phenoxy) is 1. The van der Waals surface area contributed by atoms with Gasteiger partial charge in [-0.15, -0.1) is 0 Å². The van der Waals surface area contributed by atoms with E-state index in [1.807, 2.05) is 0 Å². The van der Waals surface area contributed by atoms with E-state index in [-0.39, 0.29) is 6.09 Å². The van der Waals surface area contributed by atoms with Gasteiger partial charge in [0.1, 0.15) is 0 Å². The number of alkyl halides is 1. The smallest absolute Gasteiger partial charge is 0.409 e. The van der Waals surface area contributed by atoms with Gasteiger partial charge in [0.2, 0.25) is 0 Å². The molecule has 98 valence electrons. The third kappa shape index (κ3) is 4.32. The molecule has 0 bridgehead atoms. The molecule has 0 atom stereocenters. The van der Waals surface area contributed by atoms with E-state index in [0.717, 1.165) is 5.57 Å². The first-order chi connectivity index (χ1) is 8.00. The number of hydrogen-bond donors (Lipinski definition) is 1. The van der Waals surface area contributed by atoms with E-state index >= 15 is 0 Å². The molecule has 1 rings (SSSR count). The van der Waals surface area contributed by atoms with Crippen LogP contribution < -0.4 is 0 Å². The lowest BCUT2D eigenvalue weighted by molar-refractivity contribution is -0.0191. The van der Waals surface area contributed by atoms with E-state index in [4.69, 9.17) is 4.74 Å². The van der Waals surface area contributed by atoms with Crippen molar-refractivity contribution in [2.75, 3.05) is 25.0 Å². The Balaban J connectivity index is 2.44. The molecule has 0 unspecified atom stereocenters. The van der Waals surface area contributed by atoms with Crippen molar-refractivity contribution in [3.8, 4) is 0 Å². The monoisotopic (exact) mass is 305 g/mol. The van der Waals surface area contributed by atoms with Gasteiger partial charge in [-0.05, 0) is 26.2 Å². The summed E-state index contributed by atoms with van der Waals surface area (Å²) in [7, 11) is 0. The zero-order valence-electron chi connectivity index (χ0n) is 10.2. The number of carbonyl (C=O) groups excluding carboxylic acids is 1. The zero-order chi connectivity index (χ0) is 12.9. The molecule has 1 N–H and O–H groups in total. The first-order valence-electron chi connectivity index (χ1n) is 5.87. The van der Waals surface area contributed by atoms with Crippen molar-refractivity contribution < 1.29 is 14.6 Å². The highest BCUT2D eigenvalue weighted by molar-refractivity contribution is 9.09. The van der Waals surface area contributed by atoms with Crippen LogP contribution >= 0.6 is 15.9 Å². The van der Waals surface area contributed by atoms with Crippen LogP contribution in [0, 0.1) is 0 Å². The number of halogens is 1. The lowest BCUT2D eigenvalue weighted by Gasteiger charge is -2.38. The summed E-state index contributed by atoms with van der Waals surface area (Å²) in [6.07, 6.45) is 1.47. The lowest BCUT2D eigenvalue weighted by Crippen LogP contribution is -2.47. The van der Waals surface area contributed by atoms with E-state index in [0.29, 0.717) is 44.3 Å². The van der Waals surface area contributed by atoms with E-state index in [9.17, 15) is 9.90 Å². The van der Waals surface area contributed by atoms with Crippen molar-refractivity contribution in [3.05, 3.63) is 12.2 Å². The molecule has 0 aromatic carbocycles. The summed E-state index contributed by atoms with van der Waals surface area (Å²) in [5.41, 5.74) is 0.269. The van der Waals surface area contributed by atoms with Crippen LogP contribution in [0.3, 0.4) is 0 Å². The summed E-state index contributed by atoms with van der Waals surface area (Å²) in [4.78, 5) is 13.1. The van der Waals surface area contributed by atoms with Crippen molar-refractivity contribution >= 4 is 22.0 Å². The molecule has 1 aliphatic heterocycles. The van der Waals surface area contributed by atoms with Gasteiger partial charge in [0.15, 0.2) is 0 Å². The molecule has 0 radical (unpaired) electrons. The lowest BCUT2D eigenvalue weighted by atomic mass is 9.86. The number of rotatable bonds is 4. The molecule has 1 aliphatic rings. The van der Waals surface area contributed by atoms with Gasteiger partial charge >= 0.3 is 6.09 Å². The standard InChI is InChI=1S/C12H20BrNO3/c1-3-17-11(15)14-6-4-12(16,5-7-14)8-10(2)9-13/h16H,2-9H2,1H3. The van der Waals surface area contributed by atoms with Crippen LogP contribution in [-0.4, -0.2) is 46.7 Å². The second-order valence-corrected chi connectivity index (χ2v) is 5.03. The van der Waals surface area contributed by atoms with Crippen molar-refractivity contribution in [2.45, 2.75) is 31.8 Å². The molecule has 4 nitrogen and oxygen atoms in total. The SMILES string of the molecule is C=C(CBr)CC1(O)CCN(C(=O)OCC)CC1. The Hall–Kier alpha value is -0.550. The minimum Gasteiger partial charge on any atom is -0.450 e. The second kappa shape index (κ2) is 6.40. The second-order valence-electron chi connectivity index (χ2n) is 4.47. The number of nitrogens with zero attached hydrogens (tertiary/aromatic N) is 1. The summed E-state index contributed by atoms with van der Waals surface area (Å²) in [5.74, 6) is 0. The summed E-state index contributed by atoms with van der Waals surface area (Å²) in [6.45, 7) is 7.16. The number of amides is 1. The minimum absolute atomic E-state index is 0.283. The average Bonchev–Trinajstić information content (AvgIpc) is 2.29. The van der Waals surface area contributed by atoms with Crippen LogP contribution in [-0.2, 0) is 4.74 Å². The van der Waals surface area contributed by atoms with Gasteiger partial charge in [-0.2, -0.15) is 0 Å². The molecule has 1 fully saturated rings. The van der Waals surface area contributed by atoms with Gasteiger partial charge < -0.3 is 14.7 Å². The predicted molar refractivity (Wildman–Crippen MR) is 70.3 cm³/mol. The van der Waals surface area contributed by atoms with Crippen LogP contribution in [0.2, 0.25) is 0 Å². The summed E-state index contributed by atoms with van der Waals surface area (Å²) < 4.78 is 4.93. The molecule has 0 aromatic rings. The van der Waals surface area contributed by atoms with E-state index < -0.39 is 5.60 Å². The van der Waals surface area contributed by atoms with Crippen LogP contribution in [0.25, 0.3) is 0 Å². The van der Waals surface area contributed by atoms with E-state index in [1.54, 1.807) is 11.8 Å². The quantitative estimate of drug-likeness (QED) is 0.640. The zero-order valence-corrected chi connectivity index (χ0v) is 11.8. The highest BCUT2D eigenvalue weighted by Crippen LogP contribution is 2.29. The first-order valence-corrected chi connectivity index (χ1v) is 6.99. The molecule has 0 aromatic heterocycles. The maximum absolute atomic E-state index is 11.5. The van der Waals surface area contributed by atoms with Crippen LogP contribution in [0.5, 0.6) is 0 Å². The summed E-state index contributed by atoms with van der Waals surface area (Å²) >= 11 is 3.33. The number of likely N-dealkylation sites (tertiary alicyclic amines) is 1. The number of piperidine rings is 1. The van der Waals surface area contributed by atoms with Crippen molar-refractivity contribution in [1.29, 1.82) is 0 Å². The molecule has 17 heavy (non-hydrogen) atoms. The van der Waals surface area contributed by atoms with Gasteiger partial charge in [-0.1, -0.05) is 28.1 Å². The molecule has 5 heteroatoms. The van der Waals surface area contributed by atoms with E-state index in [2.05, 4.69) is 22.5 Å². The maximum Gasteiger partial charge on any atom is 0.409 e. The Labute approximate surface area is 111 Å². The first kappa shape index (κ1) is 14.5. The fraction of sp³-hybridized carbons (Fsp3) is 0.750.